The molecule has 7 nitrogen and oxygen atoms in total. The van der Waals surface area contributed by atoms with Crippen molar-refractivity contribution in [3.63, 3.8) is 0 Å². The second kappa shape index (κ2) is 6.05. The van der Waals surface area contributed by atoms with E-state index in [2.05, 4.69) is 20.7 Å². The Labute approximate surface area is 128 Å². The van der Waals surface area contributed by atoms with Crippen LogP contribution in [0.3, 0.4) is 0 Å². The molecular weight excluding hydrogens is 284 g/mol. The fourth-order valence-corrected chi connectivity index (χ4v) is 2.57. The number of carbonyl (C=O) groups excluding carboxylic acids is 1. The van der Waals surface area contributed by atoms with Gasteiger partial charge in [-0.2, -0.15) is 15.4 Å². The van der Waals surface area contributed by atoms with Gasteiger partial charge >= 0.3 is 0 Å². The number of aromatic amines is 1. The summed E-state index contributed by atoms with van der Waals surface area (Å²) in [7, 11) is 1.63. The first kappa shape index (κ1) is 14.4. The maximum Gasteiger partial charge on any atom is 0.273 e. The highest BCUT2D eigenvalue weighted by Crippen LogP contribution is 2.35. The number of ether oxygens (including phenoxy) is 2. The van der Waals surface area contributed by atoms with Crippen molar-refractivity contribution in [2.75, 3.05) is 20.3 Å². The molecular formula is C15H18N4O3. The molecule has 0 bridgehead atoms. The van der Waals surface area contributed by atoms with Gasteiger partial charge in [-0.25, -0.2) is 0 Å². The molecule has 22 heavy (non-hydrogen) atoms. The first-order valence-electron chi connectivity index (χ1n) is 7.13. The summed E-state index contributed by atoms with van der Waals surface area (Å²) in [6, 6.07) is 5.85. The fourth-order valence-electron chi connectivity index (χ4n) is 2.57. The number of hydrogen-bond acceptors (Lipinski definition) is 5. The van der Waals surface area contributed by atoms with E-state index in [1.54, 1.807) is 14.0 Å². The zero-order chi connectivity index (χ0) is 15.5. The Bertz CT molecular complexity index is 683. The number of H-pyrrole nitrogens is 1. The number of methoxy groups -OCH3 is 1. The SMILES string of the molecule is COc1cccc2c1OC[C@H](CNC(=O)c1n[nH]nc1C)C2. The van der Waals surface area contributed by atoms with Crippen LogP contribution in [0.25, 0.3) is 0 Å². The number of aryl methyl sites for hydroxylation is 1. The molecule has 2 N–H and O–H groups in total. The predicted molar refractivity (Wildman–Crippen MR) is 79.1 cm³/mol. The van der Waals surface area contributed by atoms with E-state index in [1.807, 2.05) is 18.2 Å². The minimum Gasteiger partial charge on any atom is -0.493 e. The van der Waals surface area contributed by atoms with E-state index in [0.29, 0.717) is 24.5 Å². The minimum atomic E-state index is -0.220. The van der Waals surface area contributed by atoms with Crippen LogP contribution in [0.5, 0.6) is 11.5 Å². The Hall–Kier alpha value is -2.57. The van der Waals surface area contributed by atoms with Crippen molar-refractivity contribution in [2.45, 2.75) is 13.3 Å². The van der Waals surface area contributed by atoms with Crippen molar-refractivity contribution in [2.24, 2.45) is 5.92 Å². The summed E-state index contributed by atoms with van der Waals surface area (Å²) in [5, 5.41) is 13.0. The van der Waals surface area contributed by atoms with Gasteiger partial charge in [-0.3, -0.25) is 4.79 Å². The number of fused-ring (bicyclic) bond motifs is 1. The average molecular weight is 302 g/mol. The summed E-state index contributed by atoms with van der Waals surface area (Å²) in [5.41, 5.74) is 2.02. The largest absolute Gasteiger partial charge is 0.493 e. The molecule has 7 heteroatoms. The van der Waals surface area contributed by atoms with Gasteiger partial charge in [0, 0.05) is 12.5 Å². The third-order valence-corrected chi connectivity index (χ3v) is 3.74. The van der Waals surface area contributed by atoms with Crippen LogP contribution in [0.4, 0.5) is 0 Å². The molecule has 1 aliphatic rings. The van der Waals surface area contributed by atoms with E-state index >= 15 is 0 Å². The molecule has 1 amide bonds. The third kappa shape index (κ3) is 2.74. The van der Waals surface area contributed by atoms with Crippen LogP contribution in [-0.2, 0) is 6.42 Å². The number of rotatable bonds is 4. The molecule has 2 heterocycles. The normalized spacial score (nSPS) is 16.5. The lowest BCUT2D eigenvalue weighted by Crippen LogP contribution is -2.35. The second-order valence-corrected chi connectivity index (χ2v) is 5.30. The lowest BCUT2D eigenvalue weighted by Gasteiger charge is -2.26. The van der Waals surface area contributed by atoms with E-state index in [4.69, 9.17) is 9.47 Å². The smallest absolute Gasteiger partial charge is 0.273 e. The molecule has 0 saturated carbocycles. The van der Waals surface area contributed by atoms with Gasteiger partial charge in [0.25, 0.3) is 5.91 Å². The first-order valence-corrected chi connectivity index (χ1v) is 7.13. The van der Waals surface area contributed by atoms with Gasteiger partial charge in [-0.15, -0.1) is 0 Å². The molecule has 0 spiro atoms. The van der Waals surface area contributed by atoms with Crippen molar-refractivity contribution in [1.82, 2.24) is 20.7 Å². The number of hydrogen-bond donors (Lipinski definition) is 2. The Kier molecular flexibility index (Phi) is 3.95. The summed E-state index contributed by atoms with van der Waals surface area (Å²) in [6.07, 6.45) is 0.838. The number of aromatic nitrogens is 3. The average Bonchev–Trinajstić information content (AvgIpc) is 2.97. The Morgan fingerprint density at radius 3 is 3.09 bits per heavy atom. The summed E-state index contributed by atoms with van der Waals surface area (Å²) >= 11 is 0. The van der Waals surface area contributed by atoms with E-state index in [0.717, 1.165) is 23.5 Å². The number of nitrogens with one attached hydrogen (secondary N) is 2. The van der Waals surface area contributed by atoms with Crippen molar-refractivity contribution in [1.29, 1.82) is 0 Å². The van der Waals surface area contributed by atoms with Crippen molar-refractivity contribution in [3.05, 3.63) is 35.2 Å². The number of carbonyl (C=O) groups is 1. The number of nitrogens with zero attached hydrogens (tertiary/aromatic N) is 2. The quantitative estimate of drug-likeness (QED) is 0.883. The highest BCUT2D eigenvalue weighted by molar-refractivity contribution is 5.93. The zero-order valence-corrected chi connectivity index (χ0v) is 12.5. The van der Waals surface area contributed by atoms with E-state index in [-0.39, 0.29) is 11.8 Å². The molecule has 3 rings (SSSR count). The van der Waals surface area contributed by atoms with Crippen LogP contribution in [0.2, 0.25) is 0 Å². The molecule has 1 aromatic heterocycles. The summed E-state index contributed by atoms with van der Waals surface area (Å²) in [5.74, 6) is 1.55. The maximum atomic E-state index is 12.0. The van der Waals surface area contributed by atoms with Crippen LogP contribution < -0.4 is 14.8 Å². The monoisotopic (exact) mass is 302 g/mol. The highest BCUT2D eigenvalue weighted by atomic mass is 16.5. The molecule has 116 valence electrons. The van der Waals surface area contributed by atoms with Crippen LogP contribution in [0, 0.1) is 12.8 Å². The molecule has 0 unspecified atom stereocenters. The Balaban J connectivity index is 1.61. The van der Waals surface area contributed by atoms with Gasteiger partial charge in [-0.1, -0.05) is 12.1 Å². The van der Waals surface area contributed by atoms with Gasteiger partial charge in [0.2, 0.25) is 0 Å². The molecule has 0 radical (unpaired) electrons. The van der Waals surface area contributed by atoms with Crippen molar-refractivity contribution >= 4 is 5.91 Å². The summed E-state index contributed by atoms with van der Waals surface area (Å²) in [6.45, 7) is 2.82. The summed E-state index contributed by atoms with van der Waals surface area (Å²) in [4.78, 5) is 12.0. The summed E-state index contributed by atoms with van der Waals surface area (Å²) < 4.78 is 11.1. The van der Waals surface area contributed by atoms with Crippen LogP contribution >= 0.6 is 0 Å². The Morgan fingerprint density at radius 1 is 1.50 bits per heavy atom. The third-order valence-electron chi connectivity index (χ3n) is 3.74. The zero-order valence-electron chi connectivity index (χ0n) is 12.5. The van der Waals surface area contributed by atoms with Crippen LogP contribution in [-0.4, -0.2) is 41.6 Å². The van der Waals surface area contributed by atoms with Gasteiger partial charge in [-0.05, 0) is 25.0 Å². The standard InChI is InChI=1S/C15H18N4O3/c1-9-13(18-19-17-9)15(20)16-7-10-6-11-4-3-5-12(21-2)14(11)22-8-10/h3-5,10H,6-8H2,1-2H3,(H,16,20)(H,17,18,19)/t10-/m0/s1. The molecule has 0 fully saturated rings. The molecule has 0 saturated heterocycles. The minimum absolute atomic E-state index is 0.218. The van der Waals surface area contributed by atoms with E-state index in [9.17, 15) is 4.79 Å². The molecule has 0 aliphatic carbocycles. The lowest BCUT2D eigenvalue weighted by atomic mass is 9.96. The number of amides is 1. The maximum absolute atomic E-state index is 12.0. The Morgan fingerprint density at radius 2 is 2.36 bits per heavy atom. The van der Waals surface area contributed by atoms with Gasteiger partial charge in [0.05, 0.1) is 19.4 Å². The second-order valence-electron chi connectivity index (χ2n) is 5.30. The number of benzene rings is 1. The predicted octanol–water partition coefficient (Wildman–Crippen LogP) is 1.10. The molecule has 1 aliphatic heterocycles. The highest BCUT2D eigenvalue weighted by Gasteiger charge is 2.23. The van der Waals surface area contributed by atoms with E-state index < -0.39 is 0 Å². The first-order chi connectivity index (χ1) is 10.7. The van der Waals surface area contributed by atoms with Crippen molar-refractivity contribution < 1.29 is 14.3 Å². The van der Waals surface area contributed by atoms with Crippen LogP contribution in [0.1, 0.15) is 21.7 Å². The fraction of sp³-hybridized carbons (Fsp3) is 0.400. The van der Waals surface area contributed by atoms with Gasteiger partial charge in [0.1, 0.15) is 0 Å². The lowest BCUT2D eigenvalue weighted by molar-refractivity contribution is 0.0933. The van der Waals surface area contributed by atoms with Gasteiger partial charge in [0.15, 0.2) is 17.2 Å². The molecule has 1 aromatic carbocycles. The van der Waals surface area contributed by atoms with Gasteiger partial charge < -0.3 is 14.8 Å². The van der Waals surface area contributed by atoms with Crippen molar-refractivity contribution in [3.8, 4) is 11.5 Å². The number of para-hydroxylation sites is 1. The van der Waals surface area contributed by atoms with Crippen LogP contribution in [0.15, 0.2) is 18.2 Å². The van der Waals surface area contributed by atoms with E-state index in [1.165, 1.54) is 0 Å². The molecule has 1 atom stereocenters. The topological polar surface area (TPSA) is 89.1 Å². The molecule has 2 aromatic rings.